The molecule has 3 nitrogen and oxygen atoms in total. The van der Waals surface area contributed by atoms with Gasteiger partial charge in [-0.15, -0.1) is 13.2 Å². The van der Waals surface area contributed by atoms with Crippen molar-refractivity contribution in [2.24, 2.45) is 23.7 Å². The van der Waals surface area contributed by atoms with Crippen LogP contribution in [0, 0.1) is 35.3 Å². The van der Waals surface area contributed by atoms with Crippen LogP contribution in [0.4, 0.5) is 30.7 Å². The largest absolute Gasteiger partial charge is 0.573 e. The Balaban J connectivity index is 1.30. The Bertz CT molecular complexity index is 786. The van der Waals surface area contributed by atoms with Crippen molar-refractivity contribution in [3.63, 3.8) is 0 Å². The third-order valence-electron chi connectivity index (χ3n) is 7.38. The first-order chi connectivity index (χ1) is 15.5. The molecule has 0 amide bonds. The molecule has 2 atom stereocenters. The van der Waals surface area contributed by atoms with Gasteiger partial charge in [-0.1, -0.05) is 19.3 Å². The molecule has 1 aromatic rings. The van der Waals surface area contributed by atoms with Crippen molar-refractivity contribution in [3.05, 3.63) is 23.8 Å². The number of rotatable bonds is 6. The minimum Gasteiger partial charge on any atom is -0.432 e. The van der Waals surface area contributed by atoms with E-state index in [9.17, 15) is 30.7 Å². The summed E-state index contributed by atoms with van der Waals surface area (Å²) in [4.78, 5) is 0. The standard InChI is InChI=1S/C23H27F7O3/c24-18-10-17(11-19(25)21(18)33-23(28,29)30)32-22(26,27)16-7-4-14(5-8-16)20-9-6-15(12-31-20)13-2-1-3-13/h10-11,13-16,20H,1-9,12H2. The average molecular weight is 484 g/mol. The molecule has 1 heterocycles. The first kappa shape index (κ1) is 24.4. The van der Waals surface area contributed by atoms with Gasteiger partial charge in [-0.2, -0.15) is 8.78 Å². The molecule has 33 heavy (non-hydrogen) atoms. The summed E-state index contributed by atoms with van der Waals surface area (Å²) >= 11 is 0. The number of halogens is 7. The Morgan fingerprint density at radius 2 is 1.33 bits per heavy atom. The van der Waals surface area contributed by atoms with E-state index in [0.29, 0.717) is 18.8 Å². The number of ether oxygens (including phenoxy) is 3. The van der Waals surface area contributed by atoms with Crippen molar-refractivity contribution in [1.29, 1.82) is 0 Å². The highest BCUT2D eigenvalue weighted by atomic mass is 19.4. The van der Waals surface area contributed by atoms with E-state index in [4.69, 9.17) is 4.74 Å². The second-order valence-corrected chi connectivity index (χ2v) is 9.44. The lowest BCUT2D eigenvalue weighted by molar-refractivity contribution is -0.276. The van der Waals surface area contributed by atoms with E-state index in [0.717, 1.165) is 25.4 Å². The van der Waals surface area contributed by atoms with Gasteiger partial charge in [-0.3, -0.25) is 0 Å². The van der Waals surface area contributed by atoms with Crippen LogP contribution in [-0.4, -0.2) is 25.2 Å². The Kier molecular flexibility index (Phi) is 7.03. The normalized spacial score (nSPS) is 29.4. The number of hydrogen-bond donors (Lipinski definition) is 0. The van der Waals surface area contributed by atoms with Crippen molar-refractivity contribution in [2.75, 3.05) is 6.61 Å². The molecule has 0 aromatic heterocycles. The van der Waals surface area contributed by atoms with Gasteiger partial charge in [0.1, 0.15) is 5.75 Å². The van der Waals surface area contributed by atoms with E-state index in [2.05, 4.69) is 9.47 Å². The molecule has 1 saturated heterocycles. The van der Waals surface area contributed by atoms with E-state index in [1.807, 2.05) is 0 Å². The van der Waals surface area contributed by atoms with Crippen molar-refractivity contribution in [2.45, 2.75) is 76.4 Å². The topological polar surface area (TPSA) is 27.7 Å². The van der Waals surface area contributed by atoms with Crippen molar-refractivity contribution in [1.82, 2.24) is 0 Å². The van der Waals surface area contributed by atoms with Crippen LogP contribution in [0.25, 0.3) is 0 Å². The molecule has 4 rings (SSSR count). The van der Waals surface area contributed by atoms with E-state index in [-0.39, 0.29) is 37.0 Å². The third kappa shape index (κ3) is 5.87. The summed E-state index contributed by atoms with van der Waals surface area (Å²) in [5.74, 6) is -5.78. The van der Waals surface area contributed by atoms with Crippen LogP contribution < -0.4 is 9.47 Å². The molecule has 3 fully saturated rings. The first-order valence-electron chi connectivity index (χ1n) is 11.4. The van der Waals surface area contributed by atoms with Gasteiger partial charge in [0.25, 0.3) is 0 Å². The second kappa shape index (κ2) is 9.50. The maximum Gasteiger partial charge on any atom is 0.573 e. The Labute approximate surface area is 187 Å². The lowest BCUT2D eigenvalue weighted by Crippen LogP contribution is -2.41. The van der Waals surface area contributed by atoms with Crippen LogP contribution in [-0.2, 0) is 4.74 Å². The summed E-state index contributed by atoms with van der Waals surface area (Å²) in [6.45, 7) is 0.736. The van der Waals surface area contributed by atoms with Gasteiger partial charge in [0.05, 0.1) is 18.6 Å². The Hall–Kier alpha value is -1.71. The number of hydrogen-bond acceptors (Lipinski definition) is 3. The molecule has 2 saturated carbocycles. The number of alkyl halides is 5. The molecule has 0 N–H and O–H groups in total. The minimum atomic E-state index is -5.33. The summed E-state index contributed by atoms with van der Waals surface area (Å²) in [6, 6.07) is 0.524. The predicted molar refractivity (Wildman–Crippen MR) is 104 cm³/mol. The maximum atomic E-state index is 14.7. The highest BCUT2D eigenvalue weighted by Gasteiger charge is 2.46. The SMILES string of the molecule is Fc1cc(OC(F)(F)C2CCC(C3CCC(C4CCC4)CO3)CC2)cc(F)c1OC(F)(F)F. The van der Waals surface area contributed by atoms with Gasteiger partial charge in [-0.05, 0) is 56.3 Å². The minimum absolute atomic E-state index is 0.0705. The van der Waals surface area contributed by atoms with E-state index >= 15 is 0 Å². The highest BCUT2D eigenvalue weighted by molar-refractivity contribution is 5.35. The van der Waals surface area contributed by atoms with Gasteiger partial charge in [-0.25, -0.2) is 8.78 Å². The van der Waals surface area contributed by atoms with Gasteiger partial charge >= 0.3 is 12.5 Å². The van der Waals surface area contributed by atoms with Crippen molar-refractivity contribution >= 4 is 0 Å². The van der Waals surface area contributed by atoms with Crippen molar-refractivity contribution < 1.29 is 44.9 Å². The van der Waals surface area contributed by atoms with Crippen molar-refractivity contribution in [3.8, 4) is 11.5 Å². The van der Waals surface area contributed by atoms with E-state index in [1.54, 1.807) is 0 Å². The molecule has 1 aliphatic heterocycles. The molecule has 0 radical (unpaired) electrons. The van der Waals surface area contributed by atoms with Gasteiger partial charge in [0.15, 0.2) is 11.6 Å². The molecule has 0 bridgehead atoms. The lowest BCUT2D eigenvalue weighted by Gasteiger charge is -2.42. The Morgan fingerprint density at radius 1 is 0.727 bits per heavy atom. The molecule has 10 heteroatoms. The quantitative estimate of drug-likeness (QED) is 0.399. The molecule has 1 aromatic carbocycles. The molecule has 2 aliphatic carbocycles. The van der Waals surface area contributed by atoms with Gasteiger partial charge < -0.3 is 14.2 Å². The van der Waals surface area contributed by atoms with Crippen LogP contribution in [0.5, 0.6) is 11.5 Å². The highest BCUT2D eigenvalue weighted by Crippen LogP contribution is 2.45. The van der Waals surface area contributed by atoms with Crippen LogP contribution in [0.1, 0.15) is 57.8 Å². The van der Waals surface area contributed by atoms with Gasteiger partial charge in [0.2, 0.25) is 5.75 Å². The summed E-state index contributed by atoms with van der Waals surface area (Å²) in [5, 5.41) is 0. The zero-order valence-electron chi connectivity index (χ0n) is 18.0. The van der Waals surface area contributed by atoms with Crippen LogP contribution in [0.3, 0.4) is 0 Å². The summed E-state index contributed by atoms with van der Waals surface area (Å²) in [7, 11) is 0. The summed E-state index contributed by atoms with van der Waals surface area (Å²) in [5.41, 5.74) is 0. The fraction of sp³-hybridized carbons (Fsp3) is 0.739. The molecule has 186 valence electrons. The van der Waals surface area contributed by atoms with Crippen LogP contribution in [0.15, 0.2) is 12.1 Å². The number of benzene rings is 1. The third-order valence-corrected chi connectivity index (χ3v) is 7.38. The van der Waals surface area contributed by atoms with Crippen LogP contribution in [0.2, 0.25) is 0 Å². The lowest BCUT2D eigenvalue weighted by atomic mass is 9.71. The molecule has 3 aliphatic rings. The monoisotopic (exact) mass is 484 g/mol. The fourth-order valence-electron chi connectivity index (χ4n) is 5.32. The second-order valence-electron chi connectivity index (χ2n) is 9.44. The molecule has 0 spiro atoms. The molecular weight excluding hydrogens is 457 g/mol. The smallest absolute Gasteiger partial charge is 0.432 e. The first-order valence-corrected chi connectivity index (χ1v) is 11.4. The zero-order valence-corrected chi connectivity index (χ0v) is 18.0. The maximum absolute atomic E-state index is 14.7. The van der Waals surface area contributed by atoms with Crippen LogP contribution >= 0.6 is 0 Å². The predicted octanol–water partition coefficient (Wildman–Crippen LogP) is 7.24. The summed E-state index contributed by atoms with van der Waals surface area (Å²) in [6.07, 6.45) is -1.73. The zero-order chi connectivity index (χ0) is 23.8. The molecule has 2 unspecified atom stereocenters. The molecular formula is C23H27F7O3. The van der Waals surface area contributed by atoms with E-state index in [1.165, 1.54) is 19.3 Å². The van der Waals surface area contributed by atoms with Gasteiger partial charge in [0, 0.05) is 12.1 Å². The average Bonchev–Trinajstić information content (AvgIpc) is 2.69. The van der Waals surface area contributed by atoms with E-state index < -0.39 is 41.5 Å². The summed E-state index contributed by atoms with van der Waals surface area (Å²) < 4.78 is 108. The fourth-order valence-corrected chi connectivity index (χ4v) is 5.32. The Morgan fingerprint density at radius 3 is 1.82 bits per heavy atom.